The van der Waals surface area contributed by atoms with E-state index in [0.717, 1.165) is 103 Å². The fourth-order valence-electron chi connectivity index (χ4n) is 12.6. The molecular formula is C59H82N2O12. The number of carbonyl (C=O) groups is 4. The quantitative estimate of drug-likeness (QED) is 0.0310. The van der Waals surface area contributed by atoms with Crippen LogP contribution in [0.5, 0.6) is 0 Å². The summed E-state index contributed by atoms with van der Waals surface area (Å²) in [5.41, 5.74) is -0.818. The van der Waals surface area contributed by atoms with E-state index in [1.165, 1.54) is 0 Å². The molecule has 0 aromatic heterocycles. The smallest absolute Gasteiger partial charge is 0.407 e. The van der Waals surface area contributed by atoms with Gasteiger partial charge in [0.15, 0.2) is 0 Å². The van der Waals surface area contributed by atoms with Crippen molar-refractivity contribution in [1.82, 2.24) is 10.6 Å². The van der Waals surface area contributed by atoms with Crippen molar-refractivity contribution in [2.45, 2.75) is 128 Å². The predicted molar refractivity (Wildman–Crippen MR) is 272 cm³/mol. The number of ether oxygens (including phenoxy) is 8. The van der Waals surface area contributed by atoms with Gasteiger partial charge in [0.05, 0.1) is 71.5 Å². The second-order valence-corrected chi connectivity index (χ2v) is 22.0. The van der Waals surface area contributed by atoms with Crippen molar-refractivity contribution in [1.29, 1.82) is 0 Å². The fourth-order valence-corrected chi connectivity index (χ4v) is 12.6. The number of esters is 2. The zero-order valence-corrected chi connectivity index (χ0v) is 43.4. The Balaban J connectivity index is 0.791. The van der Waals surface area contributed by atoms with Gasteiger partial charge in [-0.25, -0.2) is 9.59 Å². The van der Waals surface area contributed by atoms with Crippen molar-refractivity contribution in [2.24, 2.45) is 76.4 Å². The van der Waals surface area contributed by atoms with E-state index in [2.05, 4.69) is 58.0 Å². The lowest BCUT2D eigenvalue weighted by atomic mass is 9.92. The first-order valence-corrected chi connectivity index (χ1v) is 28.2. The highest BCUT2D eigenvalue weighted by Crippen LogP contribution is 2.55. The summed E-state index contributed by atoms with van der Waals surface area (Å²) >= 11 is 0. The first kappa shape index (κ1) is 54.8. The summed E-state index contributed by atoms with van der Waals surface area (Å²) in [5.74, 6) is 31.9. The summed E-state index contributed by atoms with van der Waals surface area (Å²) in [5, 5.41) is 5.66. The van der Waals surface area contributed by atoms with Crippen LogP contribution < -0.4 is 10.6 Å². The summed E-state index contributed by atoms with van der Waals surface area (Å²) in [4.78, 5) is 51.1. The van der Waals surface area contributed by atoms with Gasteiger partial charge in [-0.15, -0.1) is 47.4 Å². The van der Waals surface area contributed by atoms with Gasteiger partial charge in [-0.1, -0.05) is 0 Å². The molecule has 2 N–H and O–H groups in total. The molecule has 8 aliphatic rings. The maximum atomic E-state index is 12.8. The molecule has 400 valence electrons. The molecule has 0 aliphatic heterocycles. The Bertz CT molecular complexity index is 1720. The molecule has 0 aromatic carbocycles. The molecule has 0 heterocycles. The number of fused-ring (bicyclic) bond motifs is 4. The lowest BCUT2D eigenvalue weighted by molar-refractivity contribution is -0.145. The topological polar surface area (TPSA) is 166 Å². The Labute approximate surface area is 435 Å². The van der Waals surface area contributed by atoms with Gasteiger partial charge in [0.1, 0.15) is 0 Å². The second kappa shape index (κ2) is 29.0. The van der Waals surface area contributed by atoms with Crippen molar-refractivity contribution in [3.63, 3.8) is 0 Å². The number of hydrogen-bond acceptors (Lipinski definition) is 12. The molecule has 0 radical (unpaired) electrons. The lowest BCUT2D eigenvalue weighted by Crippen LogP contribution is -2.43. The van der Waals surface area contributed by atoms with E-state index < -0.39 is 17.6 Å². The Kier molecular flexibility index (Phi) is 21.8. The van der Waals surface area contributed by atoms with Crippen molar-refractivity contribution in [3.8, 4) is 47.4 Å². The highest BCUT2D eigenvalue weighted by molar-refractivity contribution is 5.69. The van der Waals surface area contributed by atoms with Gasteiger partial charge in [-0.3, -0.25) is 9.59 Å². The van der Waals surface area contributed by atoms with E-state index in [0.29, 0.717) is 123 Å². The average molecular weight is 1010 g/mol. The molecule has 4 saturated carbocycles. The van der Waals surface area contributed by atoms with Gasteiger partial charge in [0, 0.05) is 90.5 Å². The largest absolute Gasteiger partial charge is 0.465 e. The molecule has 8 aliphatic carbocycles. The van der Waals surface area contributed by atoms with E-state index >= 15 is 0 Å². The fraction of sp³-hybridized carbons (Fsp3) is 0.797. The van der Waals surface area contributed by atoms with E-state index in [4.69, 9.17) is 37.9 Å². The van der Waals surface area contributed by atoms with Crippen molar-refractivity contribution in [3.05, 3.63) is 0 Å². The van der Waals surface area contributed by atoms with Gasteiger partial charge in [-0.05, 0) is 135 Å². The van der Waals surface area contributed by atoms with Crippen LogP contribution in [0.2, 0.25) is 0 Å². The lowest BCUT2D eigenvalue weighted by Gasteiger charge is -2.33. The van der Waals surface area contributed by atoms with Crippen molar-refractivity contribution < 1.29 is 57.1 Å². The standard InChI is InChI=1S/C59H82N2O12/c62-55(70-35-51-43-19-9-1-2-10-20-44(43)51)27-17-31-66-39-59(40-67-32-18-28-56(63)71-36-52-45-21-11-3-4-12-22-46(45)52,41-68-33-29-60-57(64)72-37-53-47-23-13-5-6-14-24-48(47)53)42-69-34-30-61-58(65)73-38-54-49-25-15-7-8-16-26-50(49)54/h43-54H,9-42H2,(H,60,64)(H,61,65)/t43-,44+,45-,46+,47-,48+,49-,50+,51?,52?,53?,54?,59?. The monoisotopic (exact) mass is 1010 g/mol. The van der Waals surface area contributed by atoms with Crippen LogP contribution in [-0.4, -0.2) is 116 Å². The van der Waals surface area contributed by atoms with Crippen LogP contribution in [0.4, 0.5) is 9.59 Å². The van der Waals surface area contributed by atoms with Gasteiger partial charge >= 0.3 is 24.1 Å². The van der Waals surface area contributed by atoms with E-state index in [-0.39, 0.29) is 77.5 Å². The zero-order valence-electron chi connectivity index (χ0n) is 43.4. The predicted octanol–water partition coefficient (Wildman–Crippen LogP) is 7.90. The average Bonchev–Trinajstić information content (AvgIpc) is 4.31. The third-order valence-electron chi connectivity index (χ3n) is 17.0. The van der Waals surface area contributed by atoms with E-state index in [9.17, 15) is 19.2 Å². The Morgan fingerprint density at radius 3 is 0.918 bits per heavy atom. The van der Waals surface area contributed by atoms with Crippen LogP contribution in [0.15, 0.2) is 0 Å². The maximum absolute atomic E-state index is 12.8. The summed E-state index contributed by atoms with van der Waals surface area (Å²) in [7, 11) is 0. The molecule has 12 atom stereocenters. The molecule has 14 heteroatoms. The summed E-state index contributed by atoms with van der Waals surface area (Å²) < 4.78 is 47.8. The van der Waals surface area contributed by atoms with Crippen molar-refractivity contribution in [2.75, 3.05) is 92.4 Å². The molecule has 4 fully saturated rings. The highest BCUT2D eigenvalue weighted by atomic mass is 16.6. The molecule has 73 heavy (non-hydrogen) atoms. The molecular weight excluding hydrogens is 929 g/mol. The minimum absolute atomic E-state index is 0.162. The van der Waals surface area contributed by atoms with Crippen molar-refractivity contribution >= 4 is 24.1 Å². The van der Waals surface area contributed by atoms with Crippen LogP contribution in [-0.2, 0) is 47.5 Å². The van der Waals surface area contributed by atoms with Gasteiger partial charge in [0.2, 0.25) is 0 Å². The Morgan fingerprint density at radius 1 is 0.370 bits per heavy atom. The number of alkyl carbamates (subject to hydrolysis) is 2. The molecule has 0 bridgehead atoms. The van der Waals surface area contributed by atoms with Crippen LogP contribution in [0.25, 0.3) is 0 Å². The number of carbonyl (C=O) groups excluding carboxylic acids is 4. The van der Waals surface area contributed by atoms with Crippen LogP contribution in [0.3, 0.4) is 0 Å². The molecule has 8 rings (SSSR count). The SMILES string of the molecule is O=C(CCCOCC(COCCCC(=O)OCC1[C@H]2CCC#CCC[C@@H]12)(COCCNC(=O)OCC1[C@H]2CCC#CCC[C@@H]12)COCCNC(=O)OCC1[C@H]2CCC#CCC[C@@H]12)OCC1[C@H]2CCC#CCC[C@@H]12. The van der Waals surface area contributed by atoms with Gasteiger partial charge in [0.25, 0.3) is 0 Å². The number of hydrogen-bond donors (Lipinski definition) is 2. The molecule has 2 amide bonds. The molecule has 14 nitrogen and oxygen atoms in total. The summed E-state index contributed by atoms with van der Waals surface area (Å²) in [6.45, 7) is 3.92. The van der Waals surface area contributed by atoms with Crippen LogP contribution in [0, 0.1) is 124 Å². The van der Waals surface area contributed by atoms with Gasteiger partial charge < -0.3 is 48.5 Å². The number of nitrogens with one attached hydrogen (secondary N) is 2. The van der Waals surface area contributed by atoms with Crippen LogP contribution in [0.1, 0.15) is 128 Å². The zero-order chi connectivity index (χ0) is 50.5. The highest BCUT2D eigenvalue weighted by Gasteiger charge is 2.52. The summed E-state index contributed by atoms with van der Waals surface area (Å²) in [6, 6.07) is 0. The molecule has 0 saturated heterocycles. The van der Waals surface area contributed by atoms with E-state index in [1.54, 1.807) is 0 Å². The first-order valence-electron chi connectivity index (χ1n) is 28.2. The van der Waals surface area contributed by atoms with E-state index in [1.807, 2.05) is 0 Å². The Morgan fingerprint density at radius 2 is 0.630 bits per heavy atom. The normalized spacial score (nSPS) is 30.6. The van der Waals surface area contributed by atoms with Gasteiger partial charge in [-0.2, -0.15) is 0 Å². The minimum Gasteiger partial charge on any atom is -0.465 e. The second-order valence-electron chi connectivity index (χ2n) is 22.0. The molecule has 0 aromatic rings. The number of rotatable bonds is 30. The third-order valence-corrected chi connectivity index (χ3v) is 17.0. The molecule has 4 unspecified atom stereocenters. The Hall–Kier alpha value is -4.44. The van der Waals surface area contributed by atoms with Crippen LogP contribution >= 0.6 is 0 Å². The molecule has 0 spiro atoms. The minimum atomic E-state index is -0.818. The number of amides is 2. The summed E-state index contributed by atoms with van der Waals surface area (Å²) in [6.07, 6.45) is 16.4. The maximum Gasteiger partial charge on any atom is 0.407 e. The third kappa shape index (κ3) is 17.8. The first-order chi connectivity index (χ1) is 35.9.